The molecule has 0 heterocycles. The van der Waals surface area contributed by atoms with Crippen molar-refractivity contribution in [2.24, 2.45) is 0 Å². The summed E-state index contributed by atoms with van der Waals surface area (Å²) < 4.78 is 0. The van der Waals surface area contributed by atoms with Crippen molar-refractivity contribution in [3.8, 4) is 0 Å². The van der Waals surface area contributed by atoms with Crippen molar-refractivity contribution in [3.63, 3.8) is 0 Å². The largest absolute Gasteiger partial charge is 0.336 e. The summed E-state index contributed by atoms with van der Waals surface area (Å²) in [6.45, 7) is 3.48. The molecule has 0 aliphatic heterocycles. The van der Waals surface area contributed by atoms with Crippen LogP contribution in [-0.2, 0) is 4.79 Å². The number of hydrogen-bond donors (Lipinski definition) is 1. The van der Waals surface area contributed by atoms with Gasteiger partial charge in [-0.05, 0) is 32.2 Å². The number of nitrogens with one attached hydrogen (secondary N) is 1. The van der Waals surface area contributed by atoms with Crippen LogP contribution in [0.5, 0.6) is 0 Å². The van der Waals surface area contributed by atoms with Gasteiger partial charge in [-0.15, -0.1) is 0 Å². The average Bonchev–Trinajstić information content (AvgIpc) is 2.47. The molecule has 2 rings (SSSR count). The molecule has 1 N–H and O–H groups in total. The molecule has 0 aromatic rings. The molecule has 2 saturated carbocycles. The zero-order valence-electron chi connectivity index (χ0n) is 12.5. The molecule has 2 aliphatic rings. The van der Waals surface area contributed by atoms with Gasteiger partial charge in [-0.2, -0.15) is 0 Å². The third kappa shape index (κ3) is 4.20. The Hall–Kier alpha value is -0.570. The quantitative estimate of drug-likeness (QED) is 0.829. The summed E-state index contributed by atoms with van der Waals surface area (Å²) in [4.78, 5) is 14.9. The first kappa shape index (κ1) is 14.8. The fourth-order valence-corrected chi connectivity index (χ4v) is 3.75. The third-order valence-electron chi connectivity index (χ3n) is 4.75. The molecule has 3 nitrogen and oxygen atoms in total. The van der Waals surface area contributed by atoms with E-state index in [1.165, 1.54) is 64.2 Å². The van der Waals surface area contributed by atoms with Crippen LogP contribution in [0, 0.1) is 0 Å². The highest BCUT2D eigenvalue weighted by molar-refractivity contribution is 5.79. The van der Waals surface area contributed by atoms with Gasteiger partial charge in [0.25, 0.3) is 0 Å². The van der Waals surface area contributed by atoms with E-state index in [9.17, 15) is 4.79 Å². The second-order valence-electron chi connectivity index (χ2n) is 6.17. The van der Waals surface area contributed by atoms with Gasteiger partial charge in [0.15, 0.2) is 0 Å². The van der Waals surface area contributed by atoms with Crippen molar-refractivity contribution < 1.29 is 4.79 Å². The maximum atomic E-state index is 12.6. The molecule has 1 amide bonds. The van der Waals surface area contributed by atoms with E-state index in [0.29, 0.717) is 24.5 Å². The smallest absolute Gasteiger partial charge is 0.237 e. The van der Waals surface area contributed by atoms with Gasteiger partial charge in [0.05, 0.1) is 6.54 Å². The molecule has 0 aromatic heterocycles. The van der Waals surface area contributed by atoms with Crippen molar-refractivity contribution in [2.45, 2.75) is 83.2 Å². The van der Waals surface area contributed by atoms with Gasteiger partial charge in [-0.3, -0.25) is 4.79 Å². The van der Waals surface area contributed by atoms with Gasteiger partial charge >= 0.3 is 0 Å². The number of carbonyl (C=O) groups is 1. The number of hydrogen-bond acceptors (Lipinski definition) is 2. The number of carbonyl (C=O) groups excluding carboxylic acids is 1. The van der Waals surface area contributed by atoms with Crippen LogP contribution in [0.1, 0.15) is 71.1 Å². The summed E-state index contributed by atoms with van der Waals surface area (Å²) in [5, 5.41) is 3.22. The van der Waals surface area contributed by atoms with E-state index in [2.05, 4.69) is 17.1 Å². The fourth-order valence-electron chi connectivity index (χ4n) is 3.75. The Balaban J connectivity index is 1.99. The molecule has 0 radical (unpaired) electrons. The van der Waals surface area contributed by atoms with E-state index < -0.39 is 0 Å². The Morgan fingerprint density at radius 2 is 1.42 bits per heavy atom. The lowest BCUT2D eigenvalue weighted by atomic mass is 9.88. The zero-order valence-corrected chi connectivity index (χ0v) is 12.5. The van der Waals surface area contributed by atoms with E-state index in [-0.39, 0.29) is 0 Å². The summed E-state index contributed by atoms with van der Waals surface area (Å²) in [5.41, 5.74) is 0. The zero-order chi connectivity index (χ0) is 13.5. The van der Waals surface area contributed by atoms with Crippen molar-refractivity contribution >= 4 is 5.91 Å². The normalized spacial score (nSPS) is 22.4. The summed E-state index contributed by atoms with van der Waals surface area (Å²) >= 11 is 0. The van der Waals surface area contributed by atoms with Gasteiger partial charge in [0.2, 0.25) is 5.91 Å². The number of amides is 1. The summed E-state index contributed by atoms with van der Waals surface area (Å²) in [5.74, 6) is 0.348. The van der Waals surface area contributed by atoms with Crippen molar-refractivity contribution in [2.75, 3.05) is 13.1 Å². The number of likely N-dealkylation sites (N-methyl/N-ethyl adjacent to an activating group) is 1. The van der Waals surface area contributed by atoms with Crippen LogP contribution in [0.3, 0.4) is 0 Å². The topological polar surface area (TPSA) is 32.3 Å². The predicted octanol–water partition coefficient (Wildman–Crippen LogP) is 3.09. The Morgan fingerprint density at radius 3 is 1.84 bits per heavy atom. The van der Waals surface area contributed by atoms with Crippen molar-refractivity contribution in [1.29, 1.82) is 0 Å². The summed E-state index contributed by atoms with van der Waals surface area (Å²) in [6.07, 6.45) is 12.9. The minimum Gasteiger partial charge on any atom is -0.336 e. The minimum atomic E-state index is 0.348. The first-order chi connectivity index (χ1) is 9.33. The lowest BCUT2D eigenvalue weighted by molar-refractivity contribution is -0.137. The molecule has 110 valence electrons. The summed E-state index contributed by atoms with van der Waals surface area (Å²) in [6, 6.07) is 1.06. The lowest BCUT2D eigenvalue weighted by Gasteiger charge is -2.42. The summed E-state index contributed by atoms with van der Waals surface area (Å²) in [7, 11) is 0. The van der Waals surface area contributed by atoms with E-state index in [4.69, 9.17) is 0 Å². The third-order valence-corrected chi connectivity index (χ3v) is 4.75. The number of rotatable bonds is 5. The Bertz CT molecular complexity index is 250. The standard InChI is InChI=1S/C16H30N2O/c1-2-17-13-16(19)18(14-9-5-3-6-10-14)15-11-7-4-8-12-15/h14-15,17H,2-13H2,1H3. The fraction of sp³-hybridized carbons (Fsp3) is 0.938. The first-order valence-electron chi connectivity index (χ1n) is 8.34. The van der Waals surface area contributed by atoms with Crippen LogP contribution in [0.2, 0.25) is 0 Å². The van der Waals surface area contributed by atoms with Crippen LogP contribution >= 0.6 is 0 Å². The van der Waals surface area contributed by atoms with E-state index >= 15 is 0 Å². The Morgan fingerprint density at radius 1 is 0.947 bits per heavy atom. The number of nitrogens with zero attached hydrogens (tertiary/aromatic N) is 1. The highest BCUT2D eigenvalue weighted by atomic mass is 16.2. The van der Waals surface area contributed by atoms with E-state index in [1.807, 2.05) is 0 Å². The van der Waals surface area contributed by atoms with E-state index in [0.717, 1.165) is 6.54 Å². The van der Waals surface area contributed by atoms with Crippen molar-refractivity contribution in [3.05, 3.63) is 0 Å². The van der Waals surface area contributed by atoms with Gasteiger partial charge in [0, 0.05) is 12.1 Å². The molecule has 0 saturated heterocycles. The molecule has 3 heteroatoms. The highest BCUT2D eigenvalue weighted by Gasteiger charge is 2.31. The van der Waals surface area contributed by atoms with Crippen LogP contribution in [-0.4, -0.2) is 36.0 Å². The van der Waals surface area contributed by atoms with E-state index in [1.54, 1.807) is 0 Å². The Labute approximate surface area is 118 Å². The molecule has 2 fully saturated rings. The molecule has 0 atom stereocenters. The highest BCUT2D eigenvalue weighted by Crippen LogP contribution is 2.30. The van der Waals surface area contributed by atoms with Crippen LogP contribution in [0.4, 0.5) is 0 Å². The Kier molecular flexibility index (Phi) is 6.15. The minimum absolute atomic E-state index is 0.348. The molecule has 19 heavy (non-hydrogen) atoms. The van der Waals surface area contributed by atoms with Gasteiger partial charge in [-0.25, -0.2) is 0 Å². The predicted molar refractivity (Wildman–Crippen MR) is 79.1 cm³/mol. The maximum absolute atomic E-state index is 12.6. The van der Waals surface area contributed by atoms with Crippen LogP contribution < -0.4 is 5.32 Å². The van der Waals surface area contributed by atoms with Gasteiger partial charge in [-0.1, -0.05) is 45.4 Å². The monoisotopic (exact) mass is 266 g/mol. The molecular weight excluding hydrogens is 236 g/mol. The van der Waals surface area contributed by atoms with Gasteiger partial charge in [0.1, 0.15) is 0 Å². The lowest BCUT2D eigenvalue weighted by Crippen LogP contribution is -2.51. The molecule has 0 aromatic carbocycles. The molecule has 0 spiro atoms. The van der Waals surface area contributed by atoms with Gasteiger partial charge < -0.3 is 10.2 Å². The molecular formula is C16H30N2O. The SMILES string of the molecule is CCNCC(=O)N(C1CCCCC1)C1CCCCC1. The first-order valence-corrected chi connectivity index (χ1v) is 8.34. The molecule has 0 bridgehead atoms. The van der Waals surface area contributed by atoms with Crippen molar-refractivity contribution in [1.82, 2.24) is 10.2 Å². The van der Waals surface area contributed by atoms with Crippen LogP contribution in [0.15, 0.2) is 0 Å². The maximum Gasteiger partial charge on any atom is 0.237 e. The molecule has 0 unspecified atom stereocenters. The second kappa shape index (κ2) is 7.88. The second-order valence-corrected chi connectivity index (χ2v) is 6.17. The van der Waals surface area contributed by atoms with Crippen LogP contribution in [0.25, 0.3) is 0 Å². The average molecular weight is 266 g/mol. The molecule has 2 aliphatic carbocycles.